The second kappa shape index (κ2) is 4.63. The second-order valence-electron chi connectivity index (χ2n) is 4.22. The molecule has 18 heavy (non-hydrogen) atoms. The summed E-state index contributed by atoms with van der Waals surface area (Å²) < 4.78 is 23.2. The van der Waals surface area contributed by atoms with Gasteiger partial charge in [-0.25, -0.2) is 13.8 Å². The molecule has 1 aliphatic heterocycles. The first kappa shape index (κ1) is 12.9. The lowest BCUT2D eigenvalue weighted by atomic mass is 10.0. The van der Waals surface area contributed by atoms with E-state index in [4.69, 9.17) is 0 Å². The monoisotopic (exact) mass is 271 g/mol. The Hall–Kier alpha value is -1.51. The Kier molecular flexibility index (Phi) is 3.33. The number of sulfone groups is 1. The molecular weight excluding hydrogens is 258 g/mol. The maximum Gasteiger partial charge on any atom is 0.269 e. The Morgan fingerprint density at radius 2 is 2.17 bits per heavy atom. The van der Waals surface area contributed by atoms with Crippen molar-refractivity contribution >= 4 is 15.5 Å². The molecule has 0 aromatic heterocycles. The van der Waals surface area contributed by atoms with Crippen LogP contribution in [-0.2, 0) is 9.84 Å². The second-order valence-corrected chi connectivity index (χ2v) is 6.49. The summed E-state index contributed by atoms with van der Waals surface area (Å²) >= 11 is 0. The van der Waals surface area contributed by atoms with E-state index < -0.39 is 26.1 Å². The van der Waals surface area contributed by atoms with E-state index in [9.17, 15) is 18.5 Å². The summed E-state index contributed by atoms with van der Waals surface area (Å²) in [5.41, 5.74) is 6.16. The zero-order valence-electron chi connectivity index (χ0n) is 9.66. The highest BCUT2D eigenvalue weighted by Gasteiger charge is 2.36. The van der Waals surface area contributed by atoms with E-state index in [1.54, 1.807) is 12.1 Å². The van der Waals surface area contributed by atoms with Gasteiger partial charge in [0, 0.05) is 24.9 Å². The Morgan fingerprint density at radius 3 is 2.78 bits per heavy atom. The number of non-ortho nitro benzene ring substituents is 1. The predicted molar refractivity (Wildman–Crippen MR) is 65.6 cm³/mol. The van der Waals surface area contributed by atoms with Crippen LogP contribution < -0.4 is 10.9 Å². The van der Waals surface area contributed by atoms with Crippen LogP contribution in [0.2, 0.25) is 0 Å². The molecule has 0 spiro atoms. The fourth-order valence-electron chi connectivity index (χ4n) is 2.01. The number of nitro benzene ring substituents is 1. The van der Waals surface area contributed by atoms with Gasteiger partial charge in [0.05, 0.1) is 16.2 Å². The van der Waals surface area contributed by atoms with Crippen molar-refractivity contribution in [1.29, 1.82) is 0 Å². The molecule has 1 aromatic rings. The molecule has 2 rings (SSSR count). The van der Waals surface area contributed by atoms with Gasteiger partial charge in [-0.05, 0) is 5.56 Å². The standard InChI is InChI=1S/C10H13N3O4S/c1-18(16,17)9-6-11-12-10(9)7-3-2-4-8(5-7)13(14)15/h2-5,9-12H,6H2,1H3. The average Bonchev–Trinajstić information content (AvgIpc) is 2.77. The molecule has 0 aliphatic carbocycles. The van der Waals surface area contributed by atoms with E-state index in [0.29, 0.717) is 5.56 Å². The third kappa shape index (κ3) is 2.50. The first-order valence-corrected chi connectivity index (χ1v) is 7.26. The van der Waals surface area contributed by atoms with E-state index in [-0.39, 0.29) is 12.2 Å². The van der Waals surface area contributed by atoms with Crippen molar-refractivity contribution in [3.05, 3.63) is 39.9 Å². The molecule has 1 fully saturated rings. The summed E-state index contributed by atoms with van der Waals surface area (Å²) in [5, 5.41) is 10.1. The highest BCUT2D eigenvalue weighted by molar-refractivity contribution is 7.91. The fraction of sp³-hybridized carbons (Fsp3) is 0.400. The average molecular weight is 271 g/mol. The van der Waals surface area contributed by atoms with Gasteiger partial charge in [0.15, 0.2) is 9.84 Å². The molecule has 0 radical (unpaired) electrons. The van der Waals surface area contributed by atoms with Crippen molar-refractivity contribution in [2.45, 2.75) is 11.3 Å². The predicted octanol–water partition coefficient (Wildman–Crippen LogP) is 0.157. The van der Waals surface area contributed by atoms with Gasteiger partial charge in [-0.3, -0.25) is 15.5 Å². The Bertz CT molecular complexity index is 572. The molecular formula is C10H13N3O4S. The minimum absolute atomic E-state index is 0.0477. The van der Waals surface area contributed by atoms with Crippen LogP contribution in [0.3, 0.4) is 0 Å². The van der Waals surface area contributed by atoms with Crippen LogP contribution in [0, 0.1) is 10.1 Å². The third-order valence-electron chi connectivity index (χ3n) is 2.92. The molecule has 1 aliphatic rings. The number of benzene rings is 1. The van der Waals surface area contributed by atoms with E-state index >= 15 is 0 Å². The summed E-state index contributed by atoms with van der Waals surface area (Å²) in [6, 6.07) is 5.52. The zero-order chi connectivity index (χ0) is 13.3. The van der Waals surface area contributed by atoms with E-state index in [1.807, 2.05) is 0 Å². The third-order valence-corrected chi connectivity index (χ3v) is 4.46. The summed E-state index contributed by atoms with van der Waals surface area (Å²) in [5.74, 6) is 0. The van der Waals surface area contributed by atoms with Gasteiger partial charge in [-0.1, -0.05) is 12.1 Å². The molecule has 8 heteroatoms. The van der Waals surface area contributed by atoms with Crippen LogP contribution in [0.15, 0.2) is 24.3 Å². The van der Waals surface area contributed by atoms with Crippen LogP contribution in [0.5, 0.6) is 0 Å². The summed E-state index contributed by atoms with van der Waals surface area (Å²) in [6.45, 7) is 0.284. The highest BCUT2D eigenvalue weighted by Crippen LogP contribution is 2.26. The summed E-state index contributed by atoms with van der Waals surface area (Å²) in [6.07, 6.45) is 1.16. The Labute approximate surface area is 104 Å². The van der Waals surface area contributed by atoms with Crippen LogP contribution >= 0.6 is 0 Å². The minimum Gasteiger partial charge on any atom is -0.258 e. The van der Waals surface area contributed by atoms with E-state index in [2.05, 4.69) is 10.9 Å². The molecule has 1 aromatic carbocycles. The van der Waals surface area contributed by atoms with Crippen molar-refractivity contribution in [3.63, 3.8) is 0 Å². The van der Waals surface area contributed by atoms with E-state index in [0.717, 1.165) is 6.26 Å². The Morgan fingerprint density at radius 1 is 1.44 bits per heavy atom. The van der Waals surface area contributed by atoms with Gasteiger partial charge >= 0.3 is 0 Å². The molecule has 7 nitrogen and oxygen atoms in total. The van der Waals surface area contributed by atoms with Crippen molar-refractivity contribution in [1.82, 2.24) is 10.9 Å². The number of nitro groups is 1. The lowest BCUT2D eigenvalue weighted by molar-refractivity contribution is -0.384. The number of rotatable bonds is 3. The van der Waals surface area contributed by atoms with Crippen molar-refractivity contribution in [2.24, 2.45) is 0 Å². The summed E-state index contributed by atoms with van der Waals surface area (Å²) in [4.78, 5) is 10.2. The molecule has 2 atom stereocenters. The smallest absolute Gasteiger partial charge is 0.258 e. The van der Waals surface area contributed by atoms with E-state index in [1.165, 1.54) is 12.1 Å². The highest BCUT2D eigenvalue weighted by atomic mass is 32.2. The fourth-order valence-corrected chi connectivity index (χ4v) is 3.11. The minimum atomic E-state index is -3.23. The van der Waals surface area contributed by atoms with Gasteiger partial charge in [0.1, 0.15) is 0 Å². The SMILES string of the molecule is CS(=O)(=O)C1CNNC1c1cccc([N+](=O)[O-])c1. The first-order valence-electron chi connectivity index (χ1n) is 5.31. The van der Waals surface area contributed by atoms with Crippen molar-refractivity contribution in [3.8, 4) is 0 Å². The van der Waals surface area contributed by atoms with Crippen molar-refractivity contribution in [2.75, 3.05) is 12.8 Å². The van der Waals surface area contributed by atoms with Crippen LogP contribution in [-0.4, -0.2) is 31.4 Å². The molecule has 2 unspecified atom stereocenters. The molecule has 0 amide bonds. The molecule has 0 bridgehead atoms. The number of nitrogens with zero attached hydrogens (tertiary/aromatic N) is 1. The van der Waals surface area contributed by atoms with Crippen LogP contribution in [0.4, 0.5) is 5.69 Å². The van der Waals surface area contributed by atoms with Crippen LogP contribution in [0.1, 0.15) is 11.6 Å². The maximum absolute atomic E-state index is 11.6. The van der Waals surface area contributed by atoms with Gasteiger partial charge < -0.3 is 0 Å². The van der Waals surface area contributed by atoms with Crippen molar-refractivity contribution < 1.29 is 13.3 Å². The number of hydrogen-bond donors (Lipinski definition) is 2. The summed E-state index contributed by atoms with van der Waals surface area (Å²) in [7, 11) is -3.23. The number of hydrazine groups is 1. The first-order chi connectivity index (χ1) is 8.39. The lowest BCUT2D eigenvalue weighted by Crippen LogP contribution is -2.29. The molecule has 1 heterocycles. The van der Waals surface area contributed by atoms with Gasteiger partial charge in [-0.2, -0.15) is 0 Å². The molecule has 2 N–H and O–H groups in total. The van der Waals surface area contributed by atoms with Gasteiger partial charge in [0.2, 0.25) is 0 Å². The lowest BCUT2D eigenvalue weighted by Gasteiger charge is -2.16. The number of nitrogens with one attached hydrogen (secondary N) is 2. The molecule has 98 valence electrons. The van der Waals surface area contributed by atoms with Gasteiger partial charge in [0.25, 0.3) is 5.69 Å². The Balaban J connectivity index is 2.36. The molecule has 0 saturated carbocycles. The number of hydrogen-bond acceptors (Lipinski definition) is 6. The maximum atomic E-state index is 11.6. The largest absolute Gasteiger partial charge is 0.269 e. The van der Waals surface area contributed by atoms with Gasteiger partial charge in [-0.15, -0.1) is 0 Å². The normalized spacial score (nSPS) is 24.1. The molecule has 1 saturated heterocycles. The zero-order valence-corrected chi connectivity index (χ0v) is 10.5. The quantitative estimate of drug-likeness (QED) is 0.599. The topological polar surface area (TPSA) is 101 Å². The van der Waals surface area contributed by atoms with Crippen LogP contribution in [0.25, 0.3) is 0 Å².